The number of amides is 2. The van der Waals surface area contributed by atoms with E-state index < -0.39 is 5.60 Å². The zero-order valence-corrected chi connectivity index (χ0v) is 15.6. The molecule has 0 aromatic rings. The summed E-state index contributed by atoms with van der Waals surface area (Å²) in [6, 6.07) is 0.0403. The highest BCUT2D eigenvalue weighted by Gasteiger charge is 2.55. The fourth-order valence-electron chi connectivity index (χ4n) is 3.21. The molecular formula is C18H31N3O3. The van der Waals surface area contributed by atoms with Crippen molar-refractivity contribution in [2.45, 2.75) is 63.6 Å². The van der Waals surface area contributed by atoms with E-state index in [2.05, 4.69) is 5.32 Å². The van der Waals surface area contributed by atoms with Crippen molar-refractivity contribution in [2.75, 3.05) is 27.2 Å². The zero-order valence-electron chi connectivity index (χ0n) is 15.6. The van der Waals surface area contributed by atoms with Gasteiger partial charge >= 0.3 is 6.09 Å². The minimum Gasteiger partial charge on any atom is -0.444 e. The topological polar surface area (TPSA) is 61.9 Å². The molecule has 2 fully saturated rings. The molecule has 136 valence electrons. The second kappa shape index (κ2) is 7.13. The molecule has 0 aromatic heterocycles. The van der Waals surface area contributed by atoms with Crippen LogP contribution in [0.5, 0.6) is 0 Å². The van der Waals surface area contributed by atoms with E-state index in [4.69, 9.17) is 4.74 Å². The summed E-state index contributed by atoms with van der Waals surface area (Å²) < 4.78 is 5.53. The Labute approximate surface area is 145 Å². The lowest BCUT2D eigenvalue weighted by Gasteiger charge is -2.33. The molecule has 0 spiro atoms. The number of likely N-dealkylation sites (N-methyl/N-ethyl adjacent to an activating group) is 1. The van der Waals surface area contributed by atoms with Gasteiger partial charge in [0, 0.05) is 19.2 Å². The Morgan fingerprint density at radius 3 is 2.54 bits per heavy atom. The Hall–Kier alpha value is -1.56. The number of carbonyl (C=O) groups is 2. The third-order valence-corrected chi connectivity index (χ3v) is 4.42. The van der Waals surface area contributed by atoms with Crippen LogP contribution in [-0.2, 0) is 9.53 Å². The van der Waals surface area contributed by atoms with Gasteiger partial charge in [-0.3, -0.25) is 4.79 Å². The van der Waals surface area contributed by atoms with Crippen LogP contribution >= 0.6 is 0 Å². The van der Waals surface area contributed by atoms with E-state index in [1.165, 1.54) is 0 Å². The smallest absolute Gasteiger partial charge is 0.410 e. The molecule has 2 aliphatic rings. The molecule has 0 radical (unpaired) electrons. The summed E-state index contributed by atoms with van der Waals surface area (Å²) in [5, 5.41) is 3.14. The maximum atomic E-state index is 12.5. The average molecular weight is 337 g/mol. The SMILES string of the molecule is CN(C)C/C=C/C(=O)NC1(C2CCCN2C(=O)OC(C)(C)C)CC1. The van der Waals surface area contributed by atoms with Crippen molar-refractivity contribution in [3.63, 3.8) is 0 Å². The van der Waals surface area contributed by atoms with Crippen LogP contribution in [0.25, 0.3) is 0 Å². The molecule has 24 heavy (non-hydrogen) atoms. The Morgan fingerprint density at radius 1 is 1.33 bits per heavy atom. The molecule has 1 atom stereocenters. The van der Waals surface area contributed by atoms with Gasteiger partial charge in [0.1, 0.15) is 5.60 Å². The molecule has 1 aliphatic heterocycles. The minimum absolute atomic E-state index is 0.0403. The van der Waals surface area contributed by atoms with Crippen molar-refractivity contribution >= 4 is 12.0 Å². The van der Waals surface area contributed by atoms with Crippen molar-refractivity contribution in [1.82, 2.24) is 15.1 Å². The van der Waals surface area contributed by atoms with Crippen molar-refractivity contribution in [1.29, 1.82) is 0 Å². The van der Waals surface area contributed by atoms with E-state index in [-0.39, 0.29) is 23.6 Å². The van der Waals surface area contributed by atoms with Crippen LogP contribution in [0.15, 0.2) is 12.2 Å². The third kappa shape index (κ3) is 4.97. The maximum absolute atomic E-state index is 12.5. The van der Waals surface area contributed by atoms with Crippen LogP contribution < -0.4 is 5.32 Å². The summed E-state index contributed by atoms with van der Waals surface area (Å²) >= 11 is 0. The third-order valence-electron chi connectivity index (χ3n) is 4.42. The van der Waals surface area contributed by atoms with Crippen molar-refractivity contribution in [3.8, 4) is 0 Å². The number of likely N-dealkylation sites (tertiary alicyclic amines) is 1. The van der Waals surface area contributed by atoms with Crippen LogP contribution in [0, 0.1) is 0 Å². The summed E-state index contributed by atoms with van der Waals surface area (Å²) in [5.74, 6) is -0.0783. The highest BCUT2D eigenvalue weighted by molar-refractivity contribution is 5.88. The predicted molar refractivity (Wildman–Crippen MR) is 93.8 cm³/mol. The van der Waals surface area contributed by atoms with Gasteiger partial charge in [0.15, 0.2) is 0 Å². The van der Waals surface area contributed by atoms with E-state index in [9.17, 15) is 9.59 Å². The second-order valence-corrected chi connectivity index (χ2v) is 8.14. The average Bonchev–Trinajstić information content (AvgIpc) is 3.01. The van der Waals surface area contributed by atoms with Gasteiger partial charge in [0.2, 0.25) is 5.91 Å². The van der Waals surface area contributed by atoms with E-state index in [1.807, 2.05) is 50.7 Å². The molecule has 2 amide bonds. The lowest BCUT2D eigenvalue weighted by atomic mass is 10.0. The first-order valence-corrected chi connectivity index (χ1v) is 8.76. The summed E-state index contributed by atoms with van der Waals surface area (Å²) in [4.78, 5) is 28.4. The quantitative estimate of drug-likeness (QED) is 0.781. The van der Waals surface area contributed by atoms with Gasteiger partial charge in [0.25, 0.3) is 0 Å². The van der Waals surface area contributed by atoms with Gasteiger partial charge in [-0.25, -0.2) is 4.79 Å². The molecular weight excluding hydrogens is 306 g/mol. The summed E-state index contributed by atoms with van der Waals surface area (Å²) in [5.41, 5.74) is -0.772. The number of nitrogens with one attached hydrogen (secondary N) is 1. The maximum Gasteiger partial charge on any atom is 0.410 e. The van der Waals surface area contributed by atoms with E-state index in [0.29, 0.717) is 6.54 Å². The molecule has 0 aromatic carbocycles. The van der Waals surface area contributed by atoms with Crippen LogP contribution in [0.4, 0.5) is 4.79 Å². The van der Waals surface area contributed by atoms with Crippen LogP contribution in [0.1, 0.15) is 46.5 Å². The van der Waals surface area contributed by atoms with E-state index in [0.717, 1.165) is 32.2 Å². The monoisotopic (exact) mass is 337 g/mol. The first-order valence-electron chi connectivity index (χ1n) is 8.76. The molecule has 2 rings (SSSR count). The largest absolute Gasteiger partial charge is 0.444 e. The summed E-state index contributed by atoms with van der Waals surface area (Å²) in [7, 11) is 3.92. The molecule has 6 nitrogen and oxygen atoms in total. The van der Waals surface area contributed by atoms with E-state index in [1.54, 1.807) is 6.08 Å². The normalized spacial score (nSPS) is 22.9. The molecule has 1 saturated heterocycles. The number of nitrogens with zero attached hydrogens (tertiary/aromatic N) is 2. The number of ether oxygens (including phenoxy) is 1. The molecule has 1 N–H and O–H groups in total. The van der Waals surface area contributed by atoms with E-state index >= 15 is 0 Å². The highest BCUT2D eigenvalue weighted by Crippen LogP contribution is 2.45. The number of hydrogen-bond donors (Lipinski definition) is 1. The van der Waals surface area contributed by atoms with Gasteiger partial charge in [0.05, 0.1) is 11.6 Å². The molecule has 1 saturated carbocycles. The Morgan fingerprint density at radius 2 is 2.00 bits per heavy atom. The second-order valence-electron chi connectivity index (χ2n) is 8.14. The van der Waals surface area contributed by atoms with Crippen LogP contribution in [0.2, 0.25) is 0 Å². The zero-order chi connectivity index (χ0) is 18.0. The van der Waals surface area contributed by atoms with Crippen LogP contribution in [0.3, 0.4) is 0 Å². The van der Waals surface area contributed by atoms with Gasteiger partial charge in [-0.05, 0) is 60.5 Å². The molecule has 1 aliphatic carbocycles. The van der Waals surface area contributed by atoms with Crippen molar-refractivity contribution < 1.29 is 14.3 Å². The fraction of sp³-hybridized carbons (Fsp3) is 0.778. The number of carbonyl (C=O) groups excluding carboxylic acids is 2. The Bertz CT molecular complexity index is 504. The van der Waals surface area contributed by atoms with Gasteiger partial charge < -0.3 is 19.9 Å². The first-order chi connectivity index (χ1) is 11.1. The Kier molecular flexibility index (Phi) is 5.58. The number of rotatable bonds is 5. The standard InChI is InChI=1S/C18H31N3O3/c1-17(2,3)24-16(23)21-13-6-8-14(21)18(10-11-18)19-15(22)9-7-12-20(4)5/h7,9,14H,6,8,10-13H2,1-5H3,(H,19,22)/b9-7+. The lowest BCUT2D eigenvalue weighted by molar-refractivity contribution is -0.118. The van der Waals surface area contributed by atoms with Crippen LogP contribution in [-0.4, -0.2) is 66.2 Å². The molecule has 6 heteroatoms. The van der Waals surface area contributed by atoms with Gasteiger partial charge in [-0.1, -0.05) is 6.08 Å². The number of hydrogen-bond acceptors (Lipinski definition) is 4. The molecule has 0 bridgehead atoms. The van der Waals surface area contributed by atoms with Crippen molar-refractivity contribution in [2.24, 2.45) is 0 Å². The summed E-state index contributed by atoms with van der Waals surface area (Å²) in [6.45, 7) is 7.06. The highest BCUT2D eigenvalue weighted by atomic mass is 16.6. The summed E-state index contributed by atoms with van der Waals surface area (Å²) in [6.07, 6.45) is 6.89. The Balaban J connectivity index is 1.97. The van der Waals surface area contributed by atoms with Gasteiger partial charge in [-0.2, -0.15) is 0 Å². The fourth-order valence-corrected chi connectivity index (χ4v) is 3.21. The molecule has 1 heterocycles. The van der Waals surface area contributed by atoms with Gasteiger partial charge in [-0.15, -0.1) is 0 Å². The van der Waals surface area contributed by atoms with Crippen molar-refractivity contribution in [3.05, 3.63) is 12.2 Å². The first kappa shape index (κ1) is 18.8. The molecule has 1 unspecified atom stereocenters. The minimum atomic E-state index is -0.501. The lowest BCUT2D eigenvalue weighted by Crippen LogP contribution is -2.53. The predicted octanol–water partition coefficient (Wildman–Crippen LogP) is 2.15.